The van der Waals surface area contributed by atoms with Crippen LogP contribution in [0.25, 0.3) is 0 Å². The van der Waals surface area contributed by atoms with Crippen molar-refractivity contribution in [2.75, 3.05) is 6.54 Å². The van der Waals surface area contributed by atoms with Gasteiger partial charge in [0, 0.05) is 24.5 Å². The van der Waals surface area contributed by atoms with Gasteiger partial charge in [-0.15, -0.1) is 0 Å². The lowest BCUT2D eigenvalue weighted by molar-refractivity contribution is -0.452. The van der Waals surface area contributed by atoms with Gasteiger partial charge in [0.15, 0.2) is 11.5 Å². The molecule has 2 rings (SSSR count). The van der Waals surface area contributed by atoms with Crippen molar-refractivity contribution in [3.05, 3.63) is 70.8 Å². The number of carboxylic acid groups (broad SMARTS) is 1. The summed E-state index contributed by atoms with van der Waals surface area (Å²) in [5.41, 5.74) is 3.24. The maximum absolute atomic E-state index is 12.5. The third-order valence-corrected chi connectivity index (χ3v) is 3.62. The van der Waals surface area contributed by atoms with E-state index in [0.717, 1.165) is 23.4 Å². The number of ketones is 1. The minimum Gasteiger partial charge on any atom is -0.478 e. The normalized spacial score (nSPS) is 11.3. The molecule has 0 aromatic heterocycles. The fraction of sp³-hybridized carbons (Fsp3) is 0.211. The van der Waals surface area contributed by atoms with Gasteiger partial charge in [-0.3, -0.25) is 4.79 Å². The molecule has 0 fully saturated rings. The number of aromatic carboxylic acids is 1. The average molecular weight is 310 g/mol. The van der Waals surface area contributed by atoms with E-state index in [1.807, 2.05) is 38.1 Å². The van der Waals surface area contributed by atoms with Gasteiger partial charge in [0.05, 0.1) is 5.56 Å². The van der Waals surface area contributed by atoms with Crippen molar-refractivity contribution in [3.63, 3.8) is 0 Å². The van der Waals surface area contributed by atoms with Crippen molar-refractivity contribution in [2.24, 2.45) is 0 Å². The molecule has 0 unspecified atom stereocenters. The van der Waals surface area contributed by atoms with Crippen molar-refractivity contribution in [1.82, 2.24) is 0 Å². The molecule has 2 aromatic carbocycles. The molecule has 4 heteroatoms. The van der Waals surface area contributed by atoms with Gasteiger partial charge in [-0.1, -0.05) is 30.3 Å². The molecule has 0 heterocycles. The summed E-state index contributed by atoms with van der Waals surface area (Å²) in [7, 11) is 0. The molecule has 0 saturated heterocycles. The smallest absolute Gasteiger partial charge is 0.336 e. The van der Waals surface area contributed by atoms with E-state index in [1.54, 1.807) is 18.2 Å². The number of carboxylic acids is 1. The van der Waals surface area contributed by atoms with E-state index in [1.165, 1.54) is 6.07 Å². The summed E-state index contributed by atoms with van der Waals surface area (Å²) in [6.07, 6.45) is 0.178. The van der Waals surface area contributed by atoms with Gasteiger partial charge in [0.1, 0.15) is 6.54 Å². The Morgan fingerprint density at radius 2 is 1.74 bits per heavy atom. The van der Waals surface area contributed by atoms with Gasteiger partial charge < -0.3 is 5.11 Å². The zero-order valence-electron chi connectivity index (χ0n) is 13.3. The molecule has 0 amide bonds. The third-order valence-electron chi connectivity index (χ3n) is 3.62. The van der Waals surface area contributed by atoms with Crippen LogP contribution in [0.2, 0.25) is 0 Å². The molecular weight excluding hydrogens is 290 g/mol. The Morgan fingerprint density at radius 3 is 2.39 bits per heavy atom. The predicted octanol–water partition coefficient (Wildman–Crippen LogP) is 1.72. The van der Waals surface area contributed by atoms with E-state index in [9.17, 15) is 14.7 Å². The fourth-order valence-electron chi connectivity index (χ4n) is 2.48. The molecule has 0 aliphatic rings. The summed E-state index contributed by atoms with van der Waals surface area (Å²) < 4.78 is 0. The first-order chi connectivity index (χ1) is 11.0. The maximum Gasteiger partial charge on any atom is 0.336 e. The molecule has 118 valence electrons. The highest BCUT2D eigenvalue weighted by Crippen LogP contribution is 2.14. The monoisotopic (exact) mass is 310 g/mol. The lowest BCUT2D eigenvalue weighted by atomic mass is 9.97. The highest BCUT2D eigenvalue weighted by Gasteiger charge is 2.16. The second kappa shape index (κ2) is 7.49. The Kier molecular flexibility index (Phi) is 5.41. The lowest BCUT2D eigenvalue weighted by Crippen LogP contribution is -2.71. The van der Waals surface area contributed by atoms with E-state index < -0.39 is 5.97 Å². The van der Waals surface area contributed by atoms with E-state index in [0.29, 0.717) is 0 Å². The van der Waals surface area contributed by atoms with Gasteiger partial charge in [0.2, 0.25) is 0 Å². The molecule has 0 spiro atoms. The summed E-state index contributed by atoms with van der Waals surface area (Å²) in [4.78, 5) is 26.9. The van der Waals surface area contributed by atoms with Crippen molar-refractivity contribution in [2.45, 2.75) is 20.3 Å². The first kappa shape index (κ1) is 16.6. The molecule has 2 aromatic rings. The first-order valence-electron chi connectivity index (χ1n) is 7.55. The molecule has 0 saturated carbocycles. The molecule has 4 nitrogen and oxygen atoms in total. The number of carbonyl (C=O) groups excluding carboxylic acids is 1. The molecule has 0 aliphatic heterocycles. The van der Waals surface area contributed by atoms with E-state index >= 15 is 0 Å². The number of hydrogen-bond donors (Lipinski definition) is 2. The summed E-state index contributed by atoms with van der Waals surface area (Å²) in [6.45, 7) is 4.85. The zero-order chi connectivity index (χ0) is 16.8. The number of carbonyl (C=O) groups is 2. The number of benzene rings is 2. The van der Waals surface area contributed by atoms with Crippen LogP contribution < -0.4 is 4.99 Å². The maximum atomic E-state index is 12.5. The van der Waals surface area contributed by atoms with Gasteiger partial charge in [-0.2, -0.15) is 0 Å². The number of rotatable bonds is 6. The van der Waals surface area contributed by atoms with Crippen LogP contribution in [0.15, 0.2) is 48.5 Å². The Labute approximate surface area is 135 Å². The fourth-order valence-corrected chi connectivity index (χ4v) is 2.48. The van der Waals surface area contributed by atoms with Crippen molar-refractivity contribution >= 4 is 17.5 Å². The molecule has 0 radical (unpaired) electrons. The van der Waals surface area contributed by atoms with Crippen LogP contribution >= 0.6 is 0 Å². The van der Waals surface area contributed by atoms with Gasteiger partial charge in [0.25, 0.3) is 0 Å². The van der Waals surface area contributed by atoms with Crippen molar-refractivity contribution in [1.29, 1.82) is 0 Å². The van der Waals surface area contributed by atoms with Crippen LogP contribution in [0.4, 0.5) is 0 Å². The Hall–Kier alpha value is -2.75. The highest BCUT2D eigenvalue weighted by molar-refractivity contribution is 6.06. The Bertz CT molecular complexity index is 763. The van der Waals surface area contributed by atoms with Crippen LogP contribution in [-0.2, 0) is 6.42 Å². The number of nitrogens with one attached hydrogen (secondary N) is 1. The number of Topliss-reactive ketones (excluding diaryl/α,β-unsaturated/α-hetero) is 1. The topological polar surface area (TPSA) is 68.3 Å². The second-order valence-electron chi connectivity index (χ2n) is 5.31. The zero-order valence-corrected chi connectivity index (χ0v) is 13.3. The quantitative estimate of drug-likeness (QED) is 0.630. The van der Waals surface area contributed by atoms with Crippen LogP contribution in [0.3, 0.4) is 0 Å². The summed E-state index contributed by atoms with van der Waals surface area (Å²) >= 11 is 0. The van der Waals surface area contributed by atoms with E-state index in [4.69, 9.17) is 0 Å². The minimum atomic E-state index is -1.08. The summed E-state index contributed by atoms with van der Waals surface area (Å²) in [5.74, 6) is -1.28. The molecule has 0 aliphatic carbocycles. The minimum absolute atomic E-state index is 0.0454. The largest absolute Gasteiger partial charge is 0.478 e. The standard InChI is InChI=1S/C19H19NO3/c1-3-20-13(2)15-8-6-7-14(11-15)12-18(21)16-9-4-5-10-17(16)19(22)23/h4-11H,3,12H2,1-2H3,(H,22,23)/p+1. The van der Waals surface area contributed by atoms with Crippen molar-refractivity contribution < 1.29 is 19.7 Å². The van der Waals surface area contributed by atoms with Crippen LogP contribution in [-0.4, -0.2) is 29.1 Å². The average Bonchev–Trinajstić information content (AvgIpc) is 2.55. The van der Waals surface area contributed by atoms with Crippen LogP contribution in [0.1, 0.15) is 45.7 Å². The predicted molar refractivity (Wildman–Crippen MR) is 89.2 cm³/mol. The SMILES string of the molecule is CC[NH+]=C(C)c1cccc(CC(=O)c2ccccc2C(=O)O)c1. The number of hydrogen-bond acceptors (Lipinski definition) is 2. The van der Waals surface area contributed by atoms with Crippen LogP contribution in [0.5, 0.6) is 0 Å². The highest BCUT2D eigenvalue weighted by atomic mass is 16.4. The third kappa shape index (κ3) is 4.13. The lowest BCUT2D eigenvalue weighted by Gasteiger charge is -2.06. The Balaban J connectivity index is 2.26. The summed E-state index contributed by atoms with van der Waals surface area (Å²) in [5, 5.41) is 9.19. The second-order valence-corrected chi connectivity index (χ2v) is 5.31. The molecule has 2 N–H and O–H groups in total. The first-order valence-corrected chi connectivity index (χ1v) is 7.55. The van der Waals surface area contributed by atoms with Crippen LogP contribution in [0, 0.1) is 0 Å². The molecule has 23 heavy (non-hydrogen) atoms. The van der Waals surface area contributed by atoms with E-state index in [-0.39, 0.29) is 23.3 Å². The molecular formula is C19H20NO3+. The van der Waals surface area contributed by atoms with Gasteiger partial charge in [-0.05, 0) is 30.7 Å². The molecule has 0 bridgehead atoms. The van der Waals surface area contributed by atoms with Gasteiger partial charge >= 0.3 is 5.97 Å². The van der Waals surface area contributed by atoms with Gasteiger partial charge in [-0.25, -0.2) is 9.79 Å². The van der Waals surface area contributed by atoms with E-state index in [2.05, 4.69) is 4.99 Å². The summed E-state index contributed by atoms with van der Waals surface area (Å²) in [6, 6.07) is 14.0. The van der Waals surface area contributed by atoms with Crippen molar-refractivity contribution in [3.8, 4) is 0 Å². The Morgan fingerprint density at radius 1 is 1.04 bits per heavy atom. The molecule has 0 atom stereocenters.